The van der Waals surface area contributed by atoms with E-state index in [0.29, 0.717) is 13.1 Å². The molecule has 2 fully saturated rings. The molecule has 26 heavy (non-hydrogen) atoms. The number of rotatable bonds is 5. The average Bonchev–Trinajstić information content (AvgIpc) is 3.26. The number of ether oxygens (including phenoxy) is 2. The largest absolute Gasteiger partial charge is 0.496 e. The molecule has 8 heteroatoms. The van der Waals surface area contributed by atoms with E-state index < -0.39 is 0 Å². The molecule has 2 aromatic rings. The van der Waals surface area contributed by atoms with E-state index >= 15 is 0 Å². The maximum absolute atomic E-state index is 11.5. The monoisotopic (exact) mass is 357 g/mol. The second-order valence-electron chi connectivity index (χ2n) is 6.98. The van der Waals surface area contributed by atoms with Crippen LogP contribution in [0.4, 0.5) is 4.79 Å². The molecule has 1 amide bonds. The zero-order valence-electron chi connectivity index (χ0n) is 14.9. The van der Waals surface area contributed by atoms with E-state index in [9.17, 15) is 4.79 Å². The maximum atomic E-state index is 11.5. The lowest BCUT2D eigenvalue weighted by molar-refractivity contribution is -0.0111. The first-order chi connectivity index (χ1) is 12.7. The molecule has 138 valence electrons. The molecule has 1 unspecified atom stereocenters. The number of amides is 1. The highest BCUT2D eigenvalue weighted by Crippen LogP contribution is 2.29. The minimum absolute atomic E-state index is 0.300. The zero-order chi connectivity index (χ0) is 18.0. The summed E-state index contributed by atoms with van der Waals surface area (Å²) in [6.45, 7) is 3.79. The second kappa shape index (κ2) is 6.95. The predicted octanol–water partition coefficient (Wildman–Crippen LogP) is 1.41. The van der Waals surface area contributed by atoms with Gasteiger partial charge < -0.3 is 14.8 Å². The van der Waals surface area contributed by atoms with Crippen molar-refractivity contribution in [3.05, 3.63) is 42.0 Å². The predicted molar refractivity (Wildman–Crippen MR) is 93.8 cm³/mol. The number of nitrogens with one attached hydrogen (secondary N) is 1. The summed E-state index contributed by atoms with van der Waals surface area (Å²) in [7, 11) is 1.68. The summed E-state index contributed by atoms with van der Waals surface area (Å²) in [6, 6.07) is 6.24. The van der Waals surface area contributed by atoms with Crippen LogP contribution in [-0.4, -0.2) is 58.1 Å². The standard InChI is InChI=1S/C18H23N5O3/c1-25-16-4-3-14(7-15(16)9-23-13-19-12-21-23)8-22-6-2-5-18(11-22)10-20-17(24)26-18/h3-4,7,12-13H,2,5-6,8-11H2,1H3,(H,20,24). The molecular weight excluding hydrogens is 334 g/mol. The van der Waals surface area contributed by atoms with Crippen LogP contribution in [0.25, 0.3) is 0 Å². The highest BCUT2D eigenvalue weighted by Gasteiger charge is 2.43. The molecule has 3 heterocycles. The van der Waals surface area contributed by atoms with Crippen LogP contribution in [0.1, 0.15) is 24.0 Å². The fourth-order valence-electron chi connectivity index (χ4n) is 3.86. The molecule has 0 bridgehead atoms. The second-order valence-corrected chi connectivity index (χ2v) is 6.98. The minimum atomic E-state index is -0.370. The van der Waals surface area contributed by atoms with Crippen LogP contribution in [0.2, 0.25) is 0 Å². The average molecular weight is 357 g/mol. The van der Waals surface area contributed by atoms with Crippen LogP contribution in [0.15, 0.2) is 30.9 Å². The summed E-state index contributed by atoms with van der Waals surface area (Å²) in [6.07, 6.45) is 4.87. The van der Waals surface area contributed by atoms with Gasteiger partial charge in [-0.3, -0.25) is 4.90 Å². The third-order valence-electron chi connectivity index (χ3n) is 5.03. The first kappa shape index (κ1) is 16.8. The Morgan fingerprint density at radius 3 is 3.04 bits per heavy atom. The molecule has 0 aliphatic carbocycles. The molecular formula is C18H23N5O3. The van der Waals surface area contributed by atoms with Gasteiger partial charge in [0.15, 0.2) is 0 Å². The van der Waals surface area contributed by atoms with Gasteiger partial charge in [0.2, 0.25) is 0 Å². The van der Waals surface area contributed by atoms with Gasteiger partial charge in [0.05, 0.1) is 20.2 Å². The number of hydrogen-bond donors (Lipinski definition) is 1. The van der Waals surface area contributed by atoms with Crippen molar-refractivity contribution in [2.45, 2.75) is 31.5 Å². The molecule has 2 saturated heterocycles. The van der Waals surface area contributed by atoms with Crippen LogP contribution in [-0.2, 0) is 17.8 Å². The lowest BCUT2D eigenvalue weighted by Crippen LogP contribution is -2.50. The van der Waals surface area contributed by atoms with Gasteiger partial charge in [0.25, 0.3) is 0 Å². The summed E-state index contributed by atoms with van der Waals surface area (Å²) in [4.78, 5) is 17.8. The van der Waals surface area contributed by atoms with Crippen molar-refractivity contribution in [2.75, 3.05) is 26.7 Å². The number of benzene rings is 1. The molecule has 0 saturated carbocycles. The van der Waals surface area contributed by atoms with Gasteiger partial charge in [0.1, 0.15) is 24.0 Å². The number of likely N-dealkylation sites (tertiary alicyclic amines) is 1. The van der Waals surface area contributed by atoms with Gasteiger partial charge in [-0.1, -0.05) is 6.07 Å². The Labute approximate surface area is 152 Å². The van der Waals surface area contributed by atoms with Gasteiger partial charge in [-0.15, -0.1) is 0 Å². The molecule has 1 aromatic heterocycles. The van der Waals surface area contributed by atoms with E-state index in [1.165, 1.54) is 11.9 Å². The van der Waals surface area contributed by atoms with Crippen LogP contribution in [0.3, 0.4) is 0 Å². The number of piperidine rings is 1. The van der Waals surface area contributed by atoms with Crippen molar-refractivity contribution in [1.82, 2.24) is 25.0 Å². The minimum Gasteiger partial charge on any atom is -0.496 e. The van der Waals surface area contributed by atoms with E-state index in [-0.39, 0.29) is 11.7 Å². The van der Waals surface area contributed by atoms with E-state index in [2.05, 4.69) is 32.4 Å². The third kappa shape index (κ3) is 3.50. The molecule has 2 aliphatic rings. The Balaban J connectivity index is 1.48. The molecule has 8 nitrogen and oxygen atoms in total. The van der Waals surface area contributed by atoms with Crippen LogP contribution < -0.4 is 10.1 Å². The third-order valence-corrected chi connectivity index (χ3v) is 5.03. The van der Waals surface area contributed by atoms with Gasteiger partial charge in [-0.25, -0.2) is 14.5 Å². The van der Waals surface area contributed by atoms with Crippen molar-refractivity contribution in [1.29, 1.82) is 0 Å². The number of aromatic nitrogens is 3. The highest BCUT2D eigenvalue weighted by atomic mass is 16.6. The highest BCUT2D eigenvalue weighted by molar-refractivity contribution is 5.70. The number of carbonyl (C=O) groups excluding carboxylic acids is 1. The van der Waals surface area contributed by atoms with Gasteiger partial charge in [-0.2, -0.15) is 5.10 Å². The topological polar surface area (TPSA) is 81.5 Å². The van der Waals surface area contributed by atoms with Crippen LogP contribution >= 0.6 is 0 Å². The van der Waals surface area contributed by atoms with Crippen molar-refractivity contribution >= 4 is 6.09 Å². The molecule has 1 N–H and O–H groups in total. The molecule has 1 atom stereocenters. The molecule has 1 aromatic carbocycles. The van der Waals surface area contributed by atoms with Crippen LogP contribution in [0.5, 0.6) is 5.75 Å². The van der Waals surface area contributed by atoms with Crippen molar-refractivity contribution in [2.24, 2.45) is 0 Å². The van der Waals surface area contributed by atoms with E-state index in [4.69, 9.17) is 9.47 Å². The smallest absolute Gasteiger partial charge is 0.407 e. The number of alkyl carbamates (subject to hydrolysis) is 1. The van der Waals surface area contributed by atoms with Gasteiger partial charge in [0, 0.05) is 18.7 Å². The fourth-order valence-corrected chi connectivity index (χ4v) is 3.86. The summed E-state index contributed by atoms with van der Waals surface area (Å²) < 4.78 is 12.8. The SMILES string of the molecule is COc1ccc(CN2CCCC3(CNC(=O)O3)C2)cc1Cn1cncn1. The zero-order valence-corrected chi connectivity index (χ0v) is 14.9. The first-order valence-corrected chi connectivity index (χ1v) is 8.83. The number of nitrogens with zero attached hydrogens (tertiary/aromatic N) is 4. The summed E-state index contributed by atoms with van der Waals surface area (Å²) in [5, 5.41) is 6.97. The van der Waals surface area contributed by atoms with Crippen molar-refractivity contribution in [3.8, 4) is 5.75 Å². The Morgan fingerprint density at radius 1 is 1.38 bits per heavy atom. The number of carbonyl (C=O) groups is 1. The number of hydrogen-bond acceptors (Lipinski definition) is 6. The Hall–Kier alpha value is -2.61. The van der Waals surface area contributed by atoms with Gasteiger partial charge in [-0.05, 0) is 37.1 Å². The van der Waals surface area contributed by atoms with Crippen LogP contribution in [0, 0.1) is 0 Å². The summed E-state index contributed by atoms with van der Waals surface area (Å²) in [5.41, 5.74) is 1.90. The van der Waals surface area contributed by atoms with E-state index in [0.717, 1.165) is 43.8 Å². The quantitative estimate of drug-likeness (QED) is 0.871. The molecule has 2 aliphatic heterocycles. The Morgan fingerprint density at radius 2 is 2.31 bits per heavy atom. The summed E-state index contributed by atoms with van der Waals surface area (Å²) >= 11 is 0. The van der Waals surface area contributed by atoms with Crippen molar-refractivity contribution < 1.29 is 14.3 Å². The van der Waals surface area contributed by atoms with Crippen molar-refractivity contribution in [3.63, 3.8) is 0 Å². The van der Waals surface area contributed by atoms with E-state index in [1.54, 1.807) is 18.1 Å². The number of methoxy groups -OCH3 is 1. The Bertz CT molecular complexity index is 779. The Kier molecular flexibility index (Phi) is 4.50. The lowest BCUT2D eigenvalue weighted by Gasteiger charge is -2.38. The lowest BCUT2D eigenvalue weighted by atomic mass is 9.92. The maximum Gasteiger partial charge on any atom is 0.407 e. The normalized spacial score (nSPS) is 23.0. The molecule has 4 rings (SSSR count). The fraction of sp³-hybridized carbons (Fsp3) is 0.500. The summed E-state index contributed by atoms with van der Waals surface area (Å²) in [5.74, 6) is 0.841. The van der Waals surface area contributed by atoms with E-state index in [1.807, 2.05) is 6.07 Å². The molecule has 0 radical (unpaired) electrons. The first-order valence-electron chi connectivity index (χ1n) is 8.83. The van der Waals surface area contributed by atoms with Gasteiger partial charge >= 0.3 is 6.09 Å². The molecule has 1 spiro atoms.